The van der Waals surface area contributed by atoms with E-state index in [0.717, 1.165) is 30.6 Å². The van der Waals surface area contributed by atoms with Gasteiger partial charge in [-0.05, 0) is 66.9 Å². The van der Waals surface area contributed by atoms with E-state index >= 15 is 0 Å². The Morgan fingerprint density at radius 1 is 1.04 bits per heavy atom. The molecule has 1 nitrogen and oxygen atoms in total. The van der Waals surface area contributed by atoms with Crippen LogP contribution in [-0.4, -0.2) is 10.7 Å². The molecule has 0 aliphatic heterocycles. The van der Waals surface area contributed by atoms with Crippen LogP contribution in [0.25, 0.3) is 5.57 Å². The maximum Gasteiger partial charge on any atom is 0.0710 e. The normalized spacial score (nSPS) is 34.4. The topological polar surface area (TPSA) is 20.2 Å². The Kier molecular flexibility index (Phi) is 4.62. The molecule has 0 saturated heterocycles. The van der Waals surface area contributed by atoms with E-state index < -0.39 is 5.60 Å². The highest BCUT2D eigenvalue weighted by Crippen LogP contribution is 2.55. The van der Waals surface area contributed by atoms with Gasteiger partial charge in [-0.15, -0.1) is 0 Å². The van der Waals surface area contributed by atoms with Gasteiger partial charge in [0.15, 0.2) is 0 Å². The van der Waals surface area contributed by atoms with Crippen molar-refractivity contribution in [3.05, 3.63) is 54.1 Å². The molecule has 0 amide bonds. The van der Waals surface area contributed by atoms with Crippen LogP contribution >= 0.6 is 0 Å². The van der Waals surface area contributed by atoms with Gasteiger partial charge in [-0.2, -0.15) is 0 Å². The Hall–Kier alpha value is -1.34. The highest BCUT2D eigenvalue weighted by Gasteiger charge is 2.48. The molecular weight excluding hydrogens is 304 g/mol. The number of aliphatic hydroxyl groups is 1. The molecule has 134 valence electrons. The van der Waals surface area contributed by atoms with E-state index in [1.807, 2.05) is 0 Å². The van der Waals surface area contributed by atoms with Gasteiger partial charge in [0.2, 0.25) is 0 Å². The third-order valence-electron chi connectivity index (χ3n) is 7.51. The fourth-order valence-corrected chi connectivity index (χ4v) is 5.93. The average Bonchev–Trinajstić information content (AvgIpc) is 3.31. The SMILES string of the molecule is CCC(O)(CC)[C@@H]1C=C(c2ccccc2)C=C[C@H]1[C@H]1C[C@@H]2CC[C@H]1C2. The fraction of sp³-hybridized carbons (Fsp3) is 0.583. The van der Waals surface area contributed by atoms with Crippen LogP contribution in [0.2, 0.25) is 0 Å². The molecule has 4 rings (SSSR count). The maximum atomic E-state index is 11.4. The average molecular weight is 337 g/mol. The Bertz CT molecular complexity index is 652. The minimum atomic E-state index is -0.586. The van der Waals surface area contributed by atoms with E-state index in [4.69, 9.17) is 0 Å². The molecular formula is C24H32O. The second-order valence-corrected chi connectivity index (χ2v) is 8.60. The lowest BCUT2D eigenvalue weighted by Gasteiger charge is -2.43. The second-order valence-electron chi connectivity index (χ2n) is 8.60. The Morgan fingerprint density at radius 2 is 1.80 bits per heavy atom. The minimum absolute atomic E-state index is 0.243. The monoisotopic (exact) mass is 336 g/mol. The number of allylic oxidation sites excluding steroid dienone is 3. The molecule has 2 fully saturated rings. The van der Waals surface area contributed by atoms with Gasteiger partial charge in [0.1, 0.15) is 0 Å². The largest absolute Gasteiger partial charge is 0.389 e. The first-order chi connectivity index (χ1) is 12.1. The van der Waals surface area contributed by atoms with Crippen molar-refractivity contribution in [3.63, 3.8) is 0 Å². The molecule has 25 heavy (non-hydrogen) atoms. The molecule has 1 heteroatoms. The summed E-state index contributed by atoms with van der Waals surface area (Å²) in [5.41, 5.74) is 1.96. The van der Waals surface area contributed by atoms with Crippen LogP contribution in [-0.2, 0) is 0 Å². The molecule has 1 aromatic carbocycles. The number of hydrogen-bond donors (Lipinski definition) is 1. The lowest BCUT2D eigenvalue weighted by atomic mass is 9.64. The van der Waals surface area contributed by atoms with Crippen LogP contribution < -0.4 is 0 Å². The standard InChI is InChI=1S/C24H32O/c1-3-24(25,4-2)23-16-19(18-8-6-5-7-9-18)12-13-21(23)22-15-17-10-11-20(22)14-17/h5-9,12-13,16-17,20-23,25H,3-4,10-11,14-15H2,1-2H3/t17-,20+,21+,22+,23-/m1/s1. The summed E-state index contributed by atoms with van der Waals surface area (Å²) in [5.74, 6) is 3.38. The third kappa shape index (κ3) is 3.01. The Balaban J connectivity index is 1.68. The van der Waals surface area contributed by atoms with Crippen LogP contribution in [0.15, 0.2) is 48.6 Å². The lowest BCUT2D eigenvalue weighted by Crippen LogP contribution is -2.43. The van der Waals surface area contributed by atoms with E-state index in [2.05, 4.69) is 62.4 Å². The number of rotatable bonds is 5. The van der Waals surface area contributed by atoms with Gasteiger partial charge in [0.25, 0.3) is 0 Å². The van der Waals surface area contributed by atoms with Crippen LogP contribution in [0.4, 0.5) is 0 Å². The molecule has 0 aromatic heterocycles. The molecule has 5 atom stereocenters. The zero-order valence-electron chi connectivity index (χ0n) is 15.7. The molecule has 3 aliphatic rings. The van der Waals surface area contributed by atoms with E-state index in [1.165, 1.54) is 36.8 Å². The van der Waals surface area contributed by atoms with Gasteiger partial charge < -0.3 is 5.11 Å². The van der Waals surface area contributed by atoms with Crippen molar-refractivity contribution in [2.45, 2.75) is 58.0 Å². The van der Waals surface area contributed by atoms with E-state index in [1.54, 1.807) is 0 Å². The fourth-order valence-electron chi connectivity index (χ4n) is 5.93. The first-order valence-electron chi connectivity index (χ1n) is 10.3. The lowest BCUT2D eigenvalue weighted by molar-refractivity contribution is -0.0351. The summed E-state index contributed by atoms with van der Waals surface area (Å²) in [5, 5.41) is 11.4. The summed E-state index contributed by atoms with van der Waals surface area (Å²) >= 11 is 0. The molecule has 0 spiro atoms. The first-order valence-corrected chi connectivity index (χ1v) is 10.3. The Morgan fingerprint density at radius 3 is 2.40 bits per heavy atom. The van der Waals surface area contributed by atoms with Gasteiger partial charge in [-0.3, -0.25) is 0 Å². The molecule has 1 aromatic rings. The van der Waals surface area contributed by atoms with E-state index in [-0.39, 0.29) is 5.92 Å². The van der Waals surface area contributed by atoms with Crippen molar-refractivity contribution in [3.8, 4) is 0 Å². The molecule has 0 radical (unpaired) electrons. The van der Waals surface area contributed by atoms with Crippen molar-refractivity contribution >= 4 is 5.57 Å². The Labute approximate surface area is 152 Å². The highest BCUT2D eigenvalue weighted by molar-refractivity contribution is 5.75. The zero-order valence-corrected chi connectivity index (χ0v) is 15.7. The minimum Gasteiger partial charge on any atom is -0.389 e. The van der Waals surface area contributed by atoms with E-state index in [0.29, 0.717) is 5.92 Å². The second kappa shape index (κ2) is 6.76. The van der Waals surface area contributed by atoms with Crippen molar-refractivity contribution in [1.29, 1.82) is 0 Å². The summed E-state index contributed by atoms with van der Waals surface area (Å²) in [6.45, 7) is 4.30. The summed E-state index contributed by atoms with van der Waals surface area (Å²) in [7, 11) is 0. The van der Waals surface area contributed by atoms with Gasteiger partial charge >= 0.3 is 0 Å². The molecule has 3 aliphatic carbocycles. The van der Waals surface area contributed by atoms with Crippen molar-refractivity contribution in [2.75, 3.05) is 0 Å². The summed E-state index contributed by atoms with van der Waals surface area (Å²) in [6, 6.07) is 10.6. The van der Waals surface area contributed by atoms with Crippen molar-refractivity contribution in [1.82, 2.24) is 0 Å². The molecule has 0 heterocycles. The number of benzene rings is 1. The first kappa shape index (κ1) is 17.1. The number of hydrogen-bond acceptors (Lipinski definition) is 1. The van der Waals surface area contributed by atoms with Crippen LogP contribution in [0, 0.1) is 29.6 Å². The molecule has 0 unspecified atom stereocenters. The third-order valence-corrected chi connectivity index (χ3v) is 7.51. The highest BCUT2D eigenvalue weighted by atomic mass is 16.3. The molecule has 1 N–H and O–H groups in total. The predicted octanol–water partition coefficient (Wildman–Crippen LogP) is 5.86. The summed E-state index contributed by atoms with van der Waals surface area (Å²) < 4.78 is 0. The van der Waals surface area contributed by atoms with E-state index in [9.17, 15) is 5.11 Å². The summed E-state index contributed by atoms with van der Waals surface area (Å²) in [6.07, 6.45) is 14.5. The van der Waals surface area contributed by atoms with Crippen molar-refractivity contribution < 1.29 is 5.11 Å². The number of fused-ring (bicyclic) bond motifs is 2. The van der Waals surface area contributed by atoms with Crippen LogP contribution in [0.3, 0.4) is 0 Å². The zero-order chi connectivity index (χ0) is 17.4. The van der Waals surface area contributed by atoms with Gasteiger partial charge in [0, 0.05) is 5.92 Å². The quantitative estimate of drug-likeness (QED) is 0.714. The van der Waals surface area contributed by atoms with Crippen LogP contribution in [0.5, 0.6) is 0 Å². The van der Waals surface area contributed by atoms with Gasteiger partial charge in [0.05, 0.1) is 5.60 Å². The molecule has 2 saturated carbocycles. The van der Waals surface area contributed by atoms with Crippen LogP contribution in [0.1, 0.15) is 57.9 Å². The summed E-state index contributed by atoms with van der Waals surface area (Å²) in [4.78, 5) is 0. The van der Waals surface area contributed by atoms with Crippen molar-refractivity contribution in [2.24, 2.45) is 29.6 Å². The molecule has 2 bridgehead atoms. The maximum absolute atomic E-state index is 11.4. The smallest absolute Gasteiger partial charge is 0.0710 e. The predicted molar refractivity (Wildman–Crippen MR) is 105 cm³/mol. The van der Waals surface area contributed by atoms with Gasteiger partial charge in [-0.1, -0.05) is 68.8 Å². The van der Waals surface area contributed by atoms with Gasteiger partial charge in [-0.25, -0.2) is 0 Å².